The number of likely N-dealkylation sites (N-methyl/N-ethyl adjacent to an activating group) is 1. The predicted octanol–water partition coefficient (Wildman–Crippen LogP) is 5.26. The van der Waals surface area contributed by atoms with Gasteiger partial charge in [-0.15, -0.1) is 0 Å². The number of thiol groups is 1. The molecule has 31 heavy (non-hydrogen) atoms. The van der Waals surface area contributed by atoms with Gasteiger partial charge in [-0.05, 0) is 51.2 Å². The van der Waals surface area contributed by atoms with Crippen LogP contribution >= 0.6 is 12.6 Å². The second-order valence-corrected chi connectivity index (χ2v) is 9.31. The Kier molecular flexibility index (Phi) is 8.29. The van der Waals surface area contributed by atoms with E-state index >= 15 is 0 Å². The Morgan fingerprint density at radius 2 is 1.94 bits per heavy atom. The zero-order valence-corrected chi connectivity index (χ0v) is 20.3. The van der Waals surface area contributed by atoms with E-state index in [0.29, 0.717) is 12.0 Å². The van der Waals surface area contributed by atoms with Gasteiger partial charge in [-0.25, -0.2) is 0 Å². The molecule has 1 aromatic heterocycles. The van der Waals surface area contributed by atoms with E-state index in [9.17, 15) is 0 Å². The highest BCUT2D eigenvalue weighted by molar-refractivity contribution is 7.80. The molecule has 5 nitrogen and oxygen atoms in total. The number of para-hydroxylation sites is 1. The molecule has 168 valence electrons. The molecule has 2 unspecified atom stereocenters. The largest absolute Gasteiger partial charge is 0.383 e. The molecule has 0 fully saturated rings. The Morgan fingerprint density at radius 3 is 2.52 bits per heavy atom. The molecule has 0 radical (unpaired) electrons. The van der Waals surface area contributed by atoms with E-state index in [1.807, 2.05) is 13.1 Å². The fraction of sp³-hybridized carbons (Fsp3) is 0.440. The number of hydrogen-bond donors (Lipinski definition) is 4. The zero-order valence-electron chi connectivity index (χ0n) is 19.4. The molecule has 2 aromatic rings. The third-order valence-corrected chi connectivity index (χ3v) is 6.09. The maximum absolute atomic E-state index is 4.84. The van der Waals surface area contributed by atoms with E-state index in [0.717, 1.165) is 42.3 Å². The van der Waals surface area contributed by atoms with Crippen molar-refractivity contribution in [1.29, 1.82) is 0 Å². The number of allylic oxidation sites excluding steroid dienone is 2. The van der Waals surface area contributed by atoms with E-state index < -0.39 is 0 Å². The van der Waals surface area contributed by atoms with Crippen LogP contribution in [0.2, 0.25) is 0 Å². The standard InChI is InChI=1S/C25H37N5S/c1-18(2)15-27-22-17-30(16-19-11-13-21(14-12-19)29(4)5)24(23(22)25(31)26-3)28-20-9-7-6-8-10-20/h6-13,17-18,21,25-28,31H,14-16H2,1-5H3. The Morgan fingerprint density at radius 1 is 1.19 bits per heavy atom. The summed E-state index contributed by atoms with van der Waals surface area (Å²) in [6.07, 6.45) is 10.2. The molecule has 0 amide bonds. The smallest absolute Gasteiger partial charge is 0.118 e. The number of hydrogen-bond acceptors (Lipinski definition) is 5. The first-order chi connectivity index (χ1) is 14.9. The number of rotatable bonds is 10. The third kappa shape index (κ3) is 6.19. The van der Waals surface area contributed by atoms with Gasteiger partial charge in [-0.2, -0.15) is 12.6 Å². The average Bonchev–Trinajstić information content (AvgIpc) is 3.09. The molecule has 1 heterocycles. The highest BCUT2D eigenvalue weighted by atomic mass is 32.1. The zero-order chi connectivity index (χ0) is 22.4. The molecular weight excluding hydrogens is 402 g/mol. The first-order valence-electron chi connectivity index (χ1n) is 11.1. The molecule has 3 rings (SSSR count). The van der Waals surface area contributed by atoms with Crippen LogP contribution in [0.4, 0.5) is 17.2 Å². The van der Waals surface area contributed by atoms with E-state index in [-0.39, 0.29) is 5.37 Å². The van der Waals surface area contributed by atoms with Crippen LogP contribution in [-0.2, 0) is 6.54 Å². The van der Waals surface area contributed by atoms with E-state index in [4.69, 9.17) is 12.6 Å². The monoisotopic (exact) mass is 439 g/mol. The third-order valence-electron chi connectivity index (χ3n) is 5.57. The SMILES string of the molecule is CNC(S)c1c(NCC(C)C)cn(CC2=CCC(N(C)C)C=C2)c1Nc1ccccc1. The van der Waals surface area contributed by atoms with Crippen molar-refractivity contribution >= 4 is 29.8 Å². The van der Waals surface area contributed by atoms with Crippen LogP contribution in [-0.4, -0.2) is 43.2 Å². The lowest BCUT2D eigenvalue weighted by atomic mass is 10.0. The average molecular weight is 440 g/mol. The topological polar surface area (TPSA) is 44.3 Å². The summed E-state index contributed by atoms with van der Waals surface area (Å²) < 4.78 is 2.30. The van der Waals surface area contributed by atoms with Gasteiger partial charge >= 0.3 is 0 Å². The molecule has 0 spiro atoms. The highest BCUT2D eigenvalue weighted by Crippen LogP contribution is 2.37. The van der Waals surface area contributed by atoms with Crippen LogP contribution in [0, 0.1) is 5.92 Å². The van der Waals surface area contributed by atoms with Crippen LogP contribution in [0.1, 0.15) is 31.2 Å². The molecular formula is C25H37N5S. The minimum absolute atomic E-state index is 0.0869. The Hall–Kier alpha value is -2.15. The molecule has 2 atom stereocenters. The first kappa shape index (κ1) is 23.5. The van der Waals surface area contributed by atoms with Gasteiger partial charge < -0.3 is 25.4 Å². The fourth-order valence-electron chi connectivity index (χ4n) is 3.72. The molecule has 0 aliphatic heterocycles. The van der Waals surface area contributed by atoms with Crippen molar-refractivity contribution in [2.75, 3.05) is 38.3 Å². The lowest BCUT2D eigenvalue weighted by Crippen LogP contribution is -2.26. The van der Waals surface area contributed by atoms with Gasteiger partial charge in [0.1, 0.15) is 5.82 Å². The quantitative estimate of drug-likeness (QED) is 0.301. The molecule has 1 aliphatic carbocycles. The Labute approximate surface area is 193 Å². The van der Waals surface area contributed by atoms with Gasteiger partial charge in [0.05, 0.1) is 11.1 Å². The van der Waals surface area contributed by atoms with E-state index in [1.54, 1.807) is 0 Å². The van der Waals surface area contributed by atoms with Gasteiger partial charge in [0, 0.05) is 36.6 Å². The maximum atomic E-state index is 4.84. The number of anilines is 3. The van der Waals surface area contributed by atoms with Crippen molar-refractivity contribution in [1.82, 2.24) is 14.8 Å². The lowest BCUT2D eigenvalue weighted by Gasteiger charge is -2.23. The van der Waals surface area contributed by atoms with Crippen molar-refractivity contribution in [3.05, 3.63) is 65.9 Å². The maximum Gasteiger partial charge on any atom is 0.118 e. The predicted molar refractivity (Wildman–Crippen MR) is 138 cm³/mol. The van der Waals surface area contributed by atoms with Gasteiger partial charge in [-0.3, -0.25) is 0 Å². The van der Waals surface area contributed by atoms with Gasteiger partial charge in [0.2, 0.25) is 0 Å². The summed E-state index contributed by atoms with van der Waals surface area (Å²) in [5, 5.41) is 10.5. The normalized spacial score (nSPS) is 17.2. The Bertz CT molecular complexity index is 898. The number of nitrogens with zero attached hydrogens (tertiary/aromatic N) is 2. The van der Waals surface area contributed by atoms with Crippen LogP contribution in [0.5, 0.6) is 0 Å². The van der Waals surface area contributed by atoms with Crippen molar-refractivity contribution in [3.8, 4) is 0 Å². The summed E-state index contributed by atoms with van der Waals surface area (Å²) in [6.45, 7) is 6.18. The minimum Gasteiger partial charge on any atom is -0.383 e. The van der Waals surface area contributed by atoms with Crippen molar-refractivity contribution < 1.29 is 0 Å². The summed E-state index contributed by atoms with van der Waals surface area (Å²) in [5.41, 5.74) is 4.65. The molecule has 0 saturated carbocycles. The second-order valence-electron chi connectivity index (χ2n) is 8.79. The summed E-state index contributed by atoms with van der Waals surface area (Å²) in [6, 6.07) is 10.8. The number of benzene rings is 1. The molecule has 1 aliphatic rings. The fourth-order valence-corrected chi connectivity index (χ4v) is 3.98. The summed E-state index contributed by atoms with van der Waals surface area (Å²) in [4.78, 5) is 2.26. The van der Waals surface area contributed by atoms with Crippen LogP contribution in [0.3, 0.4) is 0 Å². The van der Waals surface area contributed by atoms with Gasteiger partial charge in [0.15, 0.2) is 0 Å². The summed E-state index contributed by atoms with van der Waals surface area (Å²) in [5.74, 6) is 1.62. The highest BCUT2D eigenvalue weighted by Gasteiger charge is 2.22. The first-order valence-corrected chi connectivity index (χ1v) is 11.6. The van der Waals surface area contributed by atoms with E-state index in [2.05, 4.69) is 102 Å². The van der Waals surface area contributed by atoms with Crippen LogP contribution < -0.4 is 16.0 Å². The molecule has 3 N–H and O–H groups in total. The number of nitrogens with one attached hydrogen (secondary N) is 3. The van der Waals surface area contributed by atoms with Crippen LogP contribution in [0.15, 0.2) is 60.3 Å². The molecule has 0 bridgehead atoms. The van der Waals surface area contributed by atoms with Gasteiger partial charge in [0.25, 0.3) is 0 Å². The molecule has 0 saturated heterocycles. The molecule has 1 aromatic carbocycles. The van der Waals surface area contributed by atoms with Crippen molar-refractivity contribution in [3.63, 3.8) is 0 Å². The lowest BCUT2D eigenvalue weighted by molar-refractivity contribution is 0.342. The summed E-state index contributed by atoms with van der Waals surface area (Å²) in [7, 11) is 6.21. The number of aromatic nitrogens is 1. The molecule has 6 heteroatoms. The van der Waals surface area contributed by atoms with E-state index in [1.165, 1.54) is 5.57 Å². The van der Waals surface area contributed by atoms with Gasteiger partial charge in [-0.1, -0.05) is 50.3 Å². The Balaban J connectivity index is 1.96. The van der Waals surface area contributed by atoms with Crippen LogP contribution in [0.25, 0.3) is 0 Å². The second kappa shape index (κ2) is 10.9. The minimum atomic E-state index is -0.0869. The van der Waals surface area contributed by atoms with Crippen molar-refractivity contribution in [2.45, 2.75) is 38.2 Å². The summed E-state index contributed by atoms with van der Waals surface area (Å²) >= 11 is 4.84. The van der Waals surface area contributed by atoms with Crippen molar-refractivity contribution in [2.24, 2.45) is 5.92 Å².